The number of hydrogen-bond donors (Lipinski definition) is 1. The van der Waals surface area contributed by atoms with E-state index >= 15 is 0 Å². The van der Waals surface area contributed by atoms with Crippen LogP contribution in [0.5, 0.6) is 0 Å². The number of carbonyl (C=O) groups is 1. The van der Waals surface area contributed by atoms with E-state index in [1.54, 1.807) is 11.3 Å². The van der Waals surface area contributed by atoms with Crippen molar-refractivity contribution in [1.82, 2.24) is 4.90 Å². The van der Waals surface area contributed by atoms with Crippen LogP contribution in [-0.4, -0.2) is 16.8 Å². The summed E-state index contributed by atoms with van der Waals surface area (Å²) in [6, 6.07) is 8.11. The fraction of sp³-hybridized carbons (Fsp3) is 0.312. The summed E-state index contributed by atoms with van der Waals surface area (Å²) in [6.07, 6.45) is 2.20. The van der Waals surface area contributed by atoms with Crippen LogP contribution in [-0.2, 0) is 6.54 Å². The Morgan fingerprint density at radius 1 is 1.40 bits per heavy atom. The second kappa shape index (κ2) is 5.29. The fourth-order valence-electron chi connectivity index (χ4n) is 2.35. The van der Waals surface area contributed by atoms with E-state index in [4.69, 9.17) is 5.73 Å². The number of nitrogen functional groups attached to an aromatic ring is 1. The predicted molar refractivity (Wildman–Crippen MR) is 82.8 cm³/mol. The van der Waals surface area contributed by atoms with E-state index in [-0.39, 0.29) is 5.91 Å². The summed E-state index contributed by atoms with van der Waals surface area (Å²) in [4.78, 5) is 14.7. The van der Waals surface area contributed by atoms with Crippen LogP contribution in [0, 0.1) is 6.92 Å². The van der Waals surface area contributed by atoms with Crippen molar-refractivity contribution in [1.29, 1.82) is 0 Å². The first-order chi connectivity index (χ1) is 9.66. The number of amides is 1. The number of nitrogens with zero attached hydrogens (tertiary/aromatic N) is 1. The lowest BCUT2D eigenvalue weighted by molar-refractivity contribution is 0.0731. The number of nitrogens with two attached hydrogens (primary N) is 1. The minimum Gasteiger partial charge on any atom is -0.398 e. The summed E-state index contributed by atoms with van der Waals surface area (Å²) in [5, 5.41) is 4.15. The minimum absolute atomic E-state index is 0.0555. The van der Waals surface area contributed by atoms with Crippen LogP contribution in [0.15, 0.2) is 35.0 Å². The van der Waals surface area contributed by atoms with E-state index in [9.17, 15) is 4.79 Å². The number of hydrogen-bond acceptors (Lipinski definition) is 3. The minimum atomic E-state index is 0.0555. The van der Waals surface area contributed by atoms with Crippen molar-refractivity contribution >= 4 is 22.9 Å². The molecule has 20 heavy (non-hydrogen) atoms. The average molecular weight is 286 g/mol. The van der Waals surface area contributed by atoms with Gasteiger partial charge in [0, 0.05) is 18.3 Å². The Labute approximate surface area is 123 Å². The van der Waals surface area contributed by atoms with Gasteiger partial charge in [-0.15, -0.1) is 0 Å². The molecule has 0 spiro atoms. The fourth-order valence-corrected chi connectivity index (χ4v) is 3.01. The maximum absolute atomic E-state index is 12.8. The van der Waals surface area contributed by atoms with Crippen molar-refractivity contribution in [2.24, 2.45) is 0 Å². The van der Waals surface area contributed by atoms with Crippen LogP contribution in [0.3, 0.4) is 0 Å². The zero-order chi connectivity index (χ0) is 14.1. The molecule has 2 N–H and O–H groups in total. The van der Waals surface area contributed by atoms with Crippen molar-refractivity contribution in [3.63, 3.8) is 0 Å². The van der Waals surface area contributed by atoms with Crippen molar-refractivity contribution in [2.75, 3.05) is 5.73 Å². The second-order valence-electron chi connectivity index (χ2n) is 5.33. The molecule has 104 valence electrons. The molecule has 1 amide bonds. The highest BCUT2D eigenvalue weighted by Crippen LogP contribution is 2.31. The molecule has 1 aromatic carbocycles. The van der Waals surface area contributed by atoms with Crippen LogP contribution in [0.4, 0.5) is 5.69 Å². The van der Waals surface area contributed by atoms with Gasteiger partial charge in [-0.25, -0.2) is 0 Å². The molecule has 1 saturated carbocycles. The molecule has 3 nitrogen and oxygen atoms in total. The Bertz CT molecular complexity index is 617. The van der Waals surface area contributed by atoms with E-state index in [1.807, 2.05) is 35.4 Å². The molecule has 2 aromatic rings. The molecular formula is C16H18N2OS. The lowest BCUT2D eigenvalue weighted by Gasteiger charge is -2.23. The lowest BCUT2D eigenvalue weighted by Crippen LogP contribution is -2.33. The van der Waals surface area contributed by atoms with Gasteiger partial charge in [-0.2, -0.15) is 11.3 Å². The Morgan fingerprint density at radius 3 is 2.85 bits per heavy atom. The van der Waals surface area contributed by atoms with Gasteiger partial charge in [-0.3, -0.25) is 4.79 Å². The molecule has 0 aliphatic heterocycles. The van der Waals surface area contributed by atoms with Gasteiger partial charge in [0.25, 0.3) is 5.91 Å². The van der Waals surface area contributed by atoms with E-state index in [1.165, 1.54) is 5.56 Å². The summed E-state index contributed by atoms with van der Waals surface area (Å²) >= 11 is 1.66. The Kier molecular flexibility index (Phi) is 3.49. The number of carbonyl (C=O) groups excluding carboxylic acids is 1. The zero-order valence-electron chi connectivity index (χ0n) is 11.5. The quantitative estimate of drug-likeness (QED) is 0.875. The first kappa shape index (κ1) is 13.2. The van der Waals surface area contributed by atoms with Gasteiger partial charge < -0.3 is 10.6 Å². The summed E-state index contributed by atoms with van der Waals surface area (Å²) in [7, 11) is 0. The van der Waals surface area contributed by atoms with E-state index in [0.717, 1.165) is 18.4 Å². The van der Waals surface area contributed by atoms with E-state index in [0.29, 0.717) is 23.8 Å². The Balaban J connectivity index is 1.87. The third-order valence-corrected chi connectivity index (χ3v) is 4.47. The van der Waals surface area contributed by atoms with Crippen molar-refractivity contribution < 1.29 is 4.79 Å². The highest BCUT2D eigenvalue weighted by Gasteiger charge is 2.33. The van der Waals surface area contributed by atoms with Gasteiger partial charge in [0.1, 0.15) is 0 Å². The molecule has 3 rings (SSSR count). The molecule has 0 bridgehead atoms. The molecule has 0 atom stereocenters. The maximum Gasteiger partial charge on any atom is 0.256 e. The molecule has 0 unspecified atom stereocenters. The summed E-state index contributed by atoms with van der Waals surface area (Å²) < 4.78 is 0. The summed E-state index contributed by atoms with van der Waals surface area (Å²) in [6.45, 7) is 2.62. The van der Waals surface area contributed by atoms with Gasteiger partial charge in [0.05, 0.1) is 5.56 Å². The van der Waals surface area contributed by atoms with E-state index in [2.05, 4.69) is 11.4 Å². The standard InChI is InChI=1S/C16H18N2OS/c1-11-3-2-4-14(15(11)17)16(19)18(13-5-6-13)9-12-7-8-20-10-12/h2-4,7-8,10,13H,5-6,9,17H2,1H3. The van der Waals surface area contributed by atoms with Crippen LogP contribution in [0.1, 0.15) is 34.3 Å². The highest BCUT2D eigenvalue weighted by molar-refractivity contribution is 7.07. The molecule has 1 aliphatic rings. The topological polar surface area (TPSA) is 46.3 Å². The highest BCUT2D eigenvalue weighted by atomic mass is 32.1. The maximum atomic E-state index is 12.8. The summed E-state index contributed by atoms with van der Waals surface area (Å²) in [5.74, 6) is 0.0555. The number of benzene rings is 1. The van der Waals surface area contributed by atoms with Gasteiger partial charge in [0.15, 0.2) is 0 Å². The van der Waals surface area contributed by atoms with Gasteiger partial charge >= 0.3 is 0 Å². The lowest BCUT2D eigenvalue weighted by atomic mass is 10.1. The zero-order valence-corrected chi connectivity index (χ0v) is 12.3. The first-order valence-corrected chi connectivity index (χ1v) is 7.78. The molecular weight excluding hydrogens is 268 g/mol. The van der Waals surface area contributed by atoms with E-state index < -0.39 is 0 Å². The third-order valence-electron chi connectivity index (χ3n) is 3.74. The number of para-hydroxylation sites is 1. The van der Waals surface area contributed by atoms with Crippen molar-refractivity contribution in [3.8, 4) is 0 Å². The van der Waals surface area contributed by atoms with Gasteiger partial charge in [-0.05, 0) is 53.8 Å². The van der Waals surface area contributed by atoms with Gasteiger partial charge in [0.2, 0.25) is 0 Å². The number of anilines is 1. The van der Waals surface area contributed by atoms with Crippen LogP contribution in [0.2, 0.25) is 0 Å². The normalized spacial score (nSPS) is 14.2. The first-order valence-electron chi connectivity index (χ1n) is 6.84. The Hall–Kier alpha value is -1.81. The number of aryl methyl sites for hydroxylation is 1. The SMILES string of the molecule is Cc1cccc(C(=O)N(Cc2ccsc2)C2CC2)c1N. The number of thiophene rings is 1. The number of rotatable bonds is 4. The van der Waals surface area contributed by atoms with Crippen LogP contribution >= 0.6 is 11.3 Å². The smallest absolute Gasteiger partial charge is 0.256 e. The van der Waals surface area contributed by atoms with Gasteiger partial charge in [-0.1, -0.05) is 12.1 Å². The Morgan fingerprint density at radius 2 is 2.20 bits per heavy atom. The molecule has 0 radical (unpaired) electrons. The second-order valence-corrected chi connectivity index (χ2v) is 6.11. The predicted octanol–water partition coefficient (Wildman–Crippen LogP) is 3.44. The van der Waals surface area contributed by atoms with Crippen molar-refractivity contribution in [2.45, 2.75) is 32.4 Å². The van der Waals surface area contributed by atoms with Crippen LogP contribution < -0.4 is 5.73 Å². The summed E-state index contributed by atoms with van der Waals surface area (Å²) in [5.41, 5.74) is 9.46. The van der Waals surface area contributed by atoms with Crippen LogP contribution in [0.25, 0.3) is 0 Å². The molecule has 1 heterocycles. The monoisotopic (exact) mass is 286 g/mol. The molecule has 1 aliphatic carbocycles. The molecule has 1 aromatic heterocycles. The molecule has 4 heteroatoms. The molecule has 0 saturated heterocycles. The van der Waals surface area contributed by atoms with Crippen molar-refractivity contribution in [3.05, 3.63) is 51.7 Å². The molecule has 1 fully saturated rings. The third kappa shape index (κ3) is 2.56. The largest absolute Gasteiger partial charge is 0.398 e. The average Bonchev–Trinajstić information content (AvgIpc) is 3.15.